The third-order valence-electron chi connectivity index (χ3n) is 7.16. The van der Waals surface area contributed by atoms with E-state index in [2.05, 4.69) is 19.2 Å². The van der Waals surface area contributed by atoms with Crippen molar-refractivity contribution in [1.82, 2.24) is 10.2 Å². The highest BCUT2D eigenvalue weighted by Crippen LogP contribution is 2.60. The van der Waals surface area contributed by atoms with E-state index in [1.54, 1.807) is 0 Å². The average Bonchev–Trinajstić information content (AvgIpc) is 3.04. The quantitative estimate of drug-likeness (QED) is 0.860. The monoisotopic (exact) mass is 332 g/mol. The van der Waals surface area contributed by atoms with Gasteiger partial charge in [0.15, 0.2) is 0 Å². The zero-order valence-electron chi connectivity index (χ0n) is 15.2. The molecule has 0 radical (unpaired) electrons. The minimum atomic E-state index is -0.344. The second-order valence-corrected chi connectivity index (χ2v) is 9.43. The van der Waals surface area contributed by atoms with Gasteiger partial charge >= 0.3 is 0 Å². The van der Waals surface area contributed by atoms with Gasteiger partial charge in [-0.05, 0) is 75.0 Å². The van der Waals surface area contributed by atoms with Crippen LogP contribution in [-0.4, -0.2) is 35.8 Å². The molecule has 0 aromatic carbocycles. The molecule has 1 aliphatic heterocycles. The summed E-state index contributed by atoms with van der Waals surface area (Å²) in [5.74, 6) is 2.75. The van der Waals surface area contributed by atoms with Gasteiger partial charge in [0.2, 0.25) is 11.8 Å². The second kappa shape index (κ2) is 6.03. The Bertz CT molecular complexity index is 486. The number of hydrogen-bond acceptors (Lipinski definition) is 2. The van der Waals surface area contributed by atoms with Crippen LogP contribution in [0.2, 0.25) is 0 Å². The Morgan fingerprint density at radius 1 is 0.958 bits per heavy atom. The number of carbonyl (C=O) groups is 2. The van der Waals surface area contributed by atoms with Crippen LogP contribution in [0.5, 0.6) is 0 Å². The predicted octanol–water partition coefficient (Wildman–Crippen LogP) is 2.97. The van der Waals surface area contributed by atoms with Crippen molar-refractivity contribution in [2.45, 2.75) is 71.3 Å². The van der Waals surface area contributed by atoms with Crippen LogP contribution in [0.3, 0.4) is 0 Å². The summed E-state index contributed by atoms with van der Waals surface area (Å²) in [6.07, 6.45) is 9.40. The molecule has 5 rings (SSSR count). The van der Waals surface area contributed by atoms with Crippen LogP contribution in [0.15, 0.2) is 0 Å². The first-order chi connectivity index (χ1) is 11.5. The average molecular weight is 332 g/mol. The molecule has 5 aliphatic rings. The zero-order chi connectivity index (χ0) is 16.9. The van der Waals surface area contributed by atoms with E-state index < -0.39 is 0 Å². The van der Waals surface area contributed by atoms with Crippen LogP contribution in [0, 0.1) is 29.1 Å². The van der Waals surface area contributed by atoms with E-state index in [0.29, 0.717) is 0 Å². The Hall–Kier alpha value is -1.06. The predicted molar refractivity (Wildman–Crippen MR) is 93.2 cm³/mol. The SMILES string of the molecule is CC(C)C(NC(=O)C12CC3CC(CC(C3)C1)C2)C(=O)N1CCCC1. The number of likely N-dealkylation sites (tertiary alicyclic amines) is 1. The lowest BCUT2D eigenvalue weighted by atomic mass is 9.49. The highest BCUT2D eigenvalue weighted by molar-refractivity contribution is 5.90. The van der Waals surface area contributed by atoms with Gasteiger partial charge in [0.05, 0.1) is 0 Å². The van der Waals surface area contributed by atoms with Crippen LogP contribution in [0.4, 0.5) is 0 Å². The minimum Gasteiger partial charge on any atom is -0.344 e. The number of nitrogens with zero attached hydrogens (tertiary/aromatic N) is 1. The summed E-state index contributed by atoms with van der Waals surface area (Å²) in [7, 11) is 0. The molecule has 4 nitrogen and oxygen atoms in total. The fourth-order valence-corrected chi connectivity index (χ4v) is 6.33. The highest BCUT2D eigenvalue weighted by Gasteiger charge is 2.55. The molecule has 1 N–H and O–H groups in total. The Kier molecular flexibility index (Phi) is 4.12. The van der Waals surface area contributed by atoms with E-state index in [1.807, 2.05) is 4.90 Å². The van der Waals surface area contributed by atoms with Crippen molar-refractivity contribution < 1.29 is 9.59 Å². The van der Waals surface area contributed by atoms with E-state index in [0.717, 1.165) is 62.9 Å². The molecule has 1 heterocycles. The maximum absolute atomic E-state index is 13.2. The fourth-order valence-electron chi connectivity index (χ4n) is 6.33. The van der Waals surface area contributed by atoms with Crippen LogP contribution in [0.1, 0.15) is 65.2 Å². The molecular weight excluding hydrogens is 300 g/mol. The molecule has 0 spiro atoms. The first-order valence-corrected chi connectivity index (χ1v) is 10.1. The molecule has 1 atom stereocenters. The van der Waals surface area contributed by atoms with Gasteiger partial charge in [0, 0.05) is 18.5 Å². The normalized spacial score (nSPS) is 38.6. The maximum Gasteiger partial charge on any atom is 0.245 e. The molecule has 1 saturated heterocycles. The summed E-state index contributed by atoms with van der Waals surface area (Å²) in [6, 6.07) is -0.344. The van der Waals surface area contributed by atoms with Gasteiger partial charge in [-0.1, -0.05) is 13.8 Å². The van der Waals surface area contributed by atoms with Gasteiger partial charge in [0.1, 0.15) is 6.04 Å². The molecule has 4 aliphatic carbocycles. The summed E-state index contributed by atoms with van der Waals surface area (Å²) in [6.45, 7) is 5.82. The number of rotatable bonds is 4. The largest absolute Gasteiger partial charge is 0.344 e. The fraction of sp³-hybridized carbons (Fsp3) is 0.900. The second-order valence-electron chi connectivity index (χ2n) is 9.43. The third kappa shape index (κ3) is 2.76. The van der Waals surface area contributed by atoms with Crippen molar-refractivity contribution in [3.05, 3.63) is 0 Å². The smallest absolute Gasteiger partial charge is 0.245 e. The van der Waals surface area contributed by atoms with Crippen LogP contribution in [-0.2, 0) is 9.59 Å². The summed E-state index contributed by atoms with van der Waals surface area (Å²) >= 11 is 0. The van der Waals surface area contributed by atoms with E-state index in [-0.39, 0.29) is 29.2 Å². The zero-order valence-corrected chi connectivity index (χ0v) is 15.2. The van der Waals surface area contributed by atoms with Gasteiger partial charge < -0.3 is 10.2 Å². The summed E-state index contributed by atoms with van der Waals surface area (Å²) in [4.78, 5) is 28.1. The first kappa shape index (κ1) is 16.4. The topological polar surface area (TPSA) is 49.4 Å². The molecule has 4 heteroatoms. The molecular formula is C20H32N2O2. The molecule has 0 aromatic heterocycles. The van der Waals surface area contributed by atoms with Gasteiger partial charge in [-0.25, -0.2) is 0 Å². The Balaban J connectivity index is 1.48. The number of nitrogens with one attached hydrogen (secondary N) is 1. The van der Waals surface area contributed by atoms with Gasteiger partial charge in [-0.15, -0.1) is 0 Å². The number of amides is 2. The van der Waals surface area contributed by atoms with Gasteiger partial charge in [0.25, 0.3) is 0 Å². The van der Waals surface area contributed by atoms with Crippen molar-refractivity contribution in [2.24, 2.45) is 29.1 Å². The van der Waals surface area contributed by atoms with Crippen LogP contribution < -0.4 is 5.32 Å². The van der Waals surface area contributed by atoms with E-state index in [4.69, 9.17) is 0 Å². The number of hydrogen-bond donors (Lipinski definition) is 1. The summed E-state index contributed by atoms with van der Waals surface area (Å²) in [5, 5.41) is 3.22. The Morgan fingerprint density at radius 2 is 1.46 bits per heavy atom. The van der Waals surface area contributed by atoms with Gasteiger partial charge in [-0.3, -0.25) is 9.59 Å². The molecule has 0 aromatic rings. The van der Waals surface area contributed by atoms with Crippen molar-refractivity contribution in [2.75, 3.05) is 13.1 Å². The molecule has 5 fully saturated rings. The summed E-state index contributed by atoms with van der Waals surface area (Å²) in [5.41, 5.74) is -0.160. The van der Waals surface area contributed by atoms with Gasteiger partial charge in [-0.2, -0.15) is 0 Å². The van der Waals surface area contributed by atoms with Crippen molar-refractivity contribution >= 4 is 11.8 Å². The van der Waals surface area contributed by atoms with E-state index in [1.165, 1.54) is 19.3 Å². The lowest BCUT2D eigenvalue weighted by Crippen LogP contribution is -2.58. The molecule has 134 valence electrons. The molecule has 24 heavy (non-hydrogen) atoms. The van der Waals surface area contributed by atoms with Crippen molar-refractivity contribution in [3.63, 3.8) is 0 Å². The highest BCUT2D eigenvalue weighted by atomic mass is 16.2. The lowest BCUT2D eigenvalue weighted by Gasteiger charge is -2.56. The third-order valence-corrected chi connectivity index (χ3v) is 7.16. The molecule has 2 amide bonds. The molecule has 1 unspecified atom stereocenters. The molecule has 4 saturated carbocycles. The Labute approximate surface area is 145 Å². The van der Waals surface area contributed by atoms with E-state index >= 15 is 0 Å². The van der Waals surface area contributed by atoms with E-state index in [9.17, 15) is 9.59 Å². The van der Waals surface area contributed by atoms with Crippen LogP contribution >= 0.6 is 0 Å². The number of carbonyl (C=O) groups excluding carboxylic acids is 2. The Morgan fingerprint density at radius 3 is 1.92 bits per heavy atom. The summed E-state index contributed by atoms with van der Waals surface area (Å²) < 4.78 is 0. The molecule has 4 bridgehead atoms. The standard InChI is InChI=1S/C20H32N2O2/c1-13(2)17(18(23)22-5-3-4-6-22)21-19(24)20-10-14-7-15(11-20)9-16(8-14)12-20/h13-17H,3-12H2,1-2H3,(H,21,24). The van der Waals surface area contributed by atoms with Crippen LogP contribution in [0.25, 0.3) is 0 Å². The van der Waals surface area contributed by atoms with Crippen molar-refractivity contribution in [1.29, 1.82) is 0 Å². The lowest BCUT2D eigenvalue weighted by molar-refractivity contribution is -0.150. The van der Waals surface area contributed by atoms with Crippen molar-refractivity contribution in [3.8, 4) is 0 Å². The maximum atomic E-state index is 13.2. The minimum absolute atomic E-state index is 0.139. The first-order valence-electron chi connectivity index (χ1n) is 10.1.